The molecule has 0 saturated carbocycles. The molecule has 0 aliphatic rings. The van der Waals surface area contributed by atoms with Gasteiger partial charge in [0.15, 0.2) is 0 Å². The Hall–Kier alpha value is -0.390. The van der Waals surface area contributed by atoms with E-state index in [9.17, 15) is 4.79 Å². The molecule has 0 aromatic carbocycles. The molecular formula is C12H18BrNO2S. The van der Waals surface area contributed by atoms with Crippen LogP contribution in [0.4, 0.5) is 0 Å². The van der Waals surface area contributed by atoms with E-state index in [1.54, 1.807) is 11.3 Å². The van der Waals surface area contributed by atoms with Crippen molar-refractivity contribution >= 4 is 33.2 Å². The highest BCUT2D eigenvalue weighted by atomic mass is 79.9. The van der Waals surface area contributed by atoms with Crippen LogP contribution < -0.4 is 5.73 Å². The second kappa shape index (κ2) is 7.13. The SMILES string of the molecule is CCOC(=O)CC(C)CC(N)c1ccc(Br)s1. The van der Waals surface area contributed by atoms with Gasteiger partial charge in [-0.05, 0) is 47.3 Å². The summed E-state index contributed by atoms with van der Waals surface area (Å²) < 4.78 is 6.00. The van der Waals surface area contributed by atoms with Crippen LogP contribution in [0.5, 0.6) is 0 Å². The number of ether oxygens (including phenoxy) is 1. The lowest BCUT2D eigenvalue weighted by Gasteiger charge is -2.15. The zero-order chi connectivity index (χ0) is 12.8. The Morgan fingerprint density at radius 2 is 2.29 bits per heavy atom. The first kappa shape index (κ1) is 14.7. The van der Waals surface area contributed by atoms with Gasteiger partial charge < -0.3 is 10.5 Å². The van der Waals surface area contributed by atoms with Crippen molar-refractivity contribution in [1.29, 1.82) is 0 Å². The summed E-state index contributed by atoms with van der Waals surface area (Å²) in [6.45, 7) is 4.28. The third-order valence-corrected chi connectivity index (χ3v) is 4.19. The van der Waals surface area contributed by atoms with Gasteiger partial charge in [-0.2, -0.15) is 0 Å². The zero-order valence-electron chi connectivity index (χ0n) is 10.1. The number of carbonyl (C=O) groups is 1. The van der Waals surface area contributed by atoms with Crippen LogP contribution in [-0.4, -0.2) is 12.6 Å². The average Bonchev–Trinajstić information content (AvgIpc) is 2.64. The van der Waals surface area contributed by atoms with Gasteiger partial charge in [-0.25, -0.2) is 0 Å². The number of hydrogen-bond donors (Lipinski definition) is 1. The van der Waals surface area contributed by atoms with Gasteiger partial charge in [0.1, 0.15) is 0 Å². The van der Waals surface area contributed by atoms with E-state index in [0.29, 0.717) is 13.0 Å². The fourth-order valence-electron chi connectivity index (χ4n) is 1.66. The van der Waals surface area contributed by atoms with E-state index in [2.05, 4.69) is 15.9 Å². The third kappa shape index (κ3) is 5.19. The number of halogens is 1. The van der Waals surface area contributed by atoms with E-state index in [0.717, 1.165) is 15.1 Å². The van der Waals surface area contributed by atoms with Crippen LogP contribution in [0.1, 0.15) is 37.6 Å². The smallest absolute Gasteiger partial charge is 0.306 e. The molecule has 0 amide bonds. The van der Waals surface area contributed by atoms with Crippen LogP contribution in [0.3, 0.4) is 0 Å². The van der Waals surface area contributed by atoms with Crippen LogP contribution in [0, 0.1) is 5.92 Å². The summed E-state index contributed by atoms with van der Waals surface area (Å²) in [4.78, 5) is 12.5. The van der Waals surface area contributed by atoms with E-state index in [-0.39, 0.29) is 17.9 Å². The number of thiophene rings is 1. The van der Waals surface area contributed by atoms with Gasteiger partial charge in [0.05, 0.1) is 10.4 Å². The van der Waals surface area contributed by atoms with Gasteiger partial charge in [-0.15, -0.1) is 11.3 Å². The minimum atomic E-state index is -0.139. The first-order valence-electron chi connectivity index (χ1n) is 5.69. The van der Waals surface area contributed by atoms with Crippen molar-refractivity contribution in [3.05, 3.63) is 20.8 Å². The molecule has 0 fully saturated rings. The average molecular weight is 320 g/mol. The van der Waals surface area contributed by atoms with E-state index < -0.39 is 0 Å². The second-order valence-electron chi connectivity index (χ2n) is 4.10. The van der Waals surface area contributed by atoms with E-state index >= 15 is 0 Å². The largest absolute Gasteiger partial charge is 0.466 e. The van der Waals surface area contributed by atoms with Gasteiger partial charge in [-0.1, -0.05) is 6.92 Å². The Kier molecular flexibility index (Phi) is 6.16. The maximum absolute atomic E-state index is 11.3. The lowest BCUT2D eigenvalue weighted by molar-refractivity contribution is -0.144. The highest BCUT2D eigenvalue weighted by molar-refractivity contribution is 9.11. The Morgan fingerprint density at radius 3 is 2.82 bits per heavy atom. The van der Waals surface area contributed by atoms with E-state index in [1.165, 1.54) is 0 Å². The second-order valence-corrected chi connectivity index (χ2v) is 6.59. The van der Waals surface area contributed by atoms with E-state index in [4.69, 9.17) is 10.5 Å². The van der Waals surface area contributed by atoms with Gasteiger partial charge >= 0.3 is 5.97 Å². The summed E-state index contributed by atoms with van der Waals surface area (Å²) in [6.07, 6.45) is 1.24. The molecule has 2 N–H and O–H groups in total. The van der Waals surface area contributed by atoms with Crippen molar-refractivity contribution in [3.8, 4) is 0 Å². The summed E-state index contributed by atoms with van der Waals surface area (Å²) >= 11 is 5.06. The maximum atomic E-state index is 11.3. The molecule has 17 heavy (non-hydrogen) atoms. The maximum Gasteiger partial charge on any atom is 0.306 e. The van der Waals surface area contributed by atoms with Crippen molar-refractivity contribution in [1.82, 2.24) is 0 Å². The molecular weight excluding hydrogens is 302 g/mol. The van der Waals surface area contributed by atoms with Crippen LogP contribution >= 0.6 is 27.3 Å². The first-order chi connectivity index (χ1) is 8.02. The van der Waals surface area contributed by atoms with Crippen LogP contribution in [-0.2, 0) is 9.53 Å². The van der Waals surface area contributed by atoms with Gasteiger partial charge in [0.2, 0.25) is 0 Å². The van der Waals surface area contributed by atoms with Gasteiger partial charge in [0.25, 0.3) is 0 Å². The Balaban J connectivity index is 2.40. The summed E-state index contributed by atoms with van der Waals surface area (Å²) in [5.74, 6) is 0.101. The van der Waals surface area contributed by atoms with Crippen molar-refractivity contribution in [3.63, 3.8) is 0 Å². The molecule has 1 heterocycles. The minimum absolute atomic E-state index is 0.00396. The van der Waals surface area contributed by atoms with Crippen molar-refractivity contribution < 1.29 is 9.53 Å². The van der Waals surface area contributed by atoms with Crippen molar-refractivity contribution in [2.75, 3.05) is 6.61 Å². The molecule has 0 bridgehead atoms. The van der Waals surface area contributed by atoms with Crippen LogP contribution in [0.25, 0.3) is 0 Å². The number of nitrogens with two attached hydrogens (primary N) is 1. The standard InChI is InChI=1S/C12H18BrNO2S/c1-3-16-12(15)7-8(2)6-9(14)10-4-5-11(13)17-10/h4-5,8-9H,3,6-7,14H2,1-2H3. The minimum Gasteiger partial charge on any atom is -0.466 e. The predicted molar refractivity (Wildman–Crippen MR) is 74.0 cm³/mol. The molecule has 1 aromatic rings. The molecule has 1 aromatic heterocycles. The topological polar surface area (TPSA) is 52.3 Å². The zero-order valence-corrected chi connectivity index (χ0v) is 12.5. The Bertz CT molecular complexity index is 367. The van der Waals surface area contributed by atoms with Gasteiger partial charge in [0, 0.05) is 17.3 Å². The van der Waals surface area contributed by atoms with Crippen LogP contribution in [0.15, 0.2) is 15.9 Å². The molecule has 2 atom stereocenters. The van der Waals surface area contributed by atoms with E-state index in [1.807, 2.05) is 26.0 Å². The number of rotatable bonds is 6. The molecule has 3 nitrogen and oxygen atoms in total. The fourth-order valence-corrected chi connectivity index (χ4v) is 3.10. The Morgan fingerprint density at radius 1 is 1.59 bits per heavy atom. The lowest BCUT2D eigenvalue weighted by atomic mass is 9.98. The number of esters is 1. The predicted octanol–water partition coefficient (Wildman–Crippen LogP) is 3.49. The summed E-state index contributed by atoms with van der Waals surface area (Å²) in [7, 11) is 0. The summed E-state index contributed by atoms with van der Waals surface area (Å²) in [6, 6.07) is 4.02. The molecule has 96 valence electrons. The summed E-state index contributed by atoms with van der Waals surface area (Å²) in [5, 5.41) is 0. The molecule has 5 heteroatoms. The quantitative estimate of drug-likeness (QED) is 0.816. The Labute approximate surface area is 114 Å². The third-order valence-electron chi connectivity index (χ3n) is 2.44. The molecule has 1 rings (SSSR count). The number of carbonyl (C=O) groups excluding carboxylic acids is 1. The van der Waals surface area contributed by atoms with Gasteiger partial charge in [-0.3, -0.25) is 4.79 Å². The molecule has 2 unspecified atom stereocenters. The molecule has 0 radical (unpaired) electrons. The van der Waals surface area contributed by atoms with Crippen LogP contribution in [0.2, 0.25) is 0 Å². The normalized spacial score (nSPS) is 14.4. The number of hydrogen-bond acceptors (Lipinski definition) is 4. The highest BCUT2D eigenvalue weighted by Crippen LogP contribution is 2.29. The molecule has 0 aliphatic heterocycles. The highest BCUT2D eigenvalue weighted by Gasteiger charge is 2.16. The monoisotopic (exact) mass is 319 g/mol. The van der Waals surface area contributed by atoms with Crippen molar-refractivity contribution in [2.45, 2.75) is 32.7 Å². The first-order valence-corrected chi connectivity index (χ1v) is 7.30. The molecule has 0 spiro atoms. The fraction of sp³-hybridized carbons (Fsp3) is 0.583. The molecule has 0 saturated heterocycles. The van der Waals surface area contributed by atoms with Crippen molar-refractivity contribution in [2.24, 2.45) is 11.7 Å². The molecule has 0 aliphatic carbocycles. The summed E-state index contributed by atoms with van der Waals surface area (Å²) in [5.41, 5.74) is 6.10. The lowest BCUT2D eigenvalue weighted by Crippen LogP contribution is -2.16.